The molecule has 0 bridgehead atoms. The monoisotopic (exact) mass is 157 g/mol. The highest BCUT2D eigenvalue weighted by Crippen LogP contribution is 2.18. The normalized spacial score (nSPS) is 14.8. The van der Waals surface area contributed by atoms with Crippen molar-refractivity contribution in [1.82, 2.24) is 0 Å². The predicted molar refractivity (Wildman–Crippen MR) is 22.4 cm³/mol. The molecule has 0 fully saturated rings. The van der Waals surface area contributed by atoms with Gasteiger partial charge < -0.3 is 15.6 Å². The van der Waals surface area contributed by atoms with Crippen LogP contribution in [0.1, 0.15) is 6.42 Å². The van der Waals surface area contributed by atoms with Gasteiger partial charge in [-0.3, -0.25) is 0 Å². The van der Waals surface area contributed by atoms with Gasteiger partial charge in [0.2, 0.25) is 0 Å². The summed E-state index contributed by atoms with van der Waals surface area (Å²) in [6.45, 7) is 0. The minimum Gasteiger partial charge on any atom is -0.550 e. The highest BCUT2D eigenvalue weighted by Gasteiger charge is 2.40. The summed E-state index contributed by atoms with van der Waals surface area (Å²) < 4.78 is 34.4. The average molecular weight is 157 g/mol. The van der Waals surface area contributed by atoms with Crippen molar-refractivity contribution >= 4 is 5.97 Å². The Labute approximate surface area is 54.6 Å². The number of carbonyl (C=O) groups is 1. The first kappa shape index (κ1) is 9.22. The number of alkyl halides is 3. The molecule has 0 rings (SSSR count). The van der Waals surface area contributed by atoms with Crippen LogP contribution in [0.3, 0.4) is 0 Å². The topological polar surface area (TPSA) is 67.8 Å². The Bertz CT molecular complexity index is 133. The maximum Gasteiger partial charge on any atom is 0.441 e. The molecule has 0 aromatic heterocycles. The Morgan fingerprint density at radius 1 is 1.60 bits per heavy atom. The van der Waals surface area contributed by atoms with Gasteiger partial charge in [0.1, 0.15) is 0 Å². The number of carbonyl (C=O) groups excluding carboxylic acids is 1. The molecule has 1 atom stereocenters. The van der Waals surface area contributed by atoms with E-state index >= 15 is 0 Å². The number of carboxylic acids is 1. The van der Waals surface area contributed by atoms with E-state index in [1.165, 1.54) is 0 Å². The van der Waals surface area contributed by atoms with Crippen LogP contribution in [0.15, 0.2) is 0 Å². The van der Waals surface area contributed by atoms with Crippen molar-refractivity contribution in [2.75, 3.05) is 0 Å². The van der Waals surface area contributed by atoms with Crippen LogP contribution >= 0.6 is 0 Å². The second kappa shape index (κ2) is 2.87. The second-order valence-electron chi connectivity index (χ2n) is 1.81. The zero-order chi connectivity index (χ0) is 8.36. The van der Waals surface area contributed by atoms with Crippen molar-refractivity contribution in [3.63, 3.8) is 0 Å². The van der Waals surface area contributed by atoms with Crippen LogP contribution in [0.25, 0.3) is 0 Å². The van der Waals surface area contributed by atoms with Gasteiger partial charge in [0.05, 0.1) is 0 Å². The second-order valence-corrected chi connectivity index (χ2v) is 1.81. The van der Waals surface area contributed by atoms with Crippen molar-refractivity contribution in [1.29, 1.82) is 0 Å². The summed E-state index contributed by atoms with van der Waals surface area (Å²) in [5.41, 5.74) is 2.60. The summed E-state index contributed by atoms with van der Waals surface area (Å²) >= 11 is 0. The molecule has 0 unspecified atom stereocenters. The lowest BCUT2D eigenvalue weighted by Crippen LogP contribution is -2.69. The molecule has 3 N–H and O–H groups in total. The van der Waals surface area contributed by atoms with Crippen LogP contribution < -0.4 is 10.8 Å². The number of hydrogen-bond donors (Lipinski definition) is 1. The van der Waals surface area contributed by atoms with Crippen LogP contribution in [0, 0.1) is 0 Å². The number of hydrogen-bond acceptors (Lipinski definition) is 2. The van der Waals surface area contributed by atoms with Crippen LogP contribution in [0.2, 0.25) is 0 Å². The van der Waals surface area contributed by atoms with Crippen LogP contribution in [0.4, 0.5) is 13.2 Å². The van der Waals surface area contributed by atoms with E-state index in [1.54, 1.807) is 0 Å². The Balaban J connectivity index is 3.85. The van der Waals surface area contributed by atoms with Crippen LogP contribution in [0.5, 0.6) is 0 Å². The molecule has 0 aliphatic rings. The lowest BCUT2D eigenvalue weighted by Gasteiger charge is -2.11. The van der Waals surface area contributed by atoms with Crippen LogP contribution in [-0.2, 0) is 4.79 Å². The molecule has 0 aromatic rings. The fourth-order valence-corrected chi connectivity index (χ4v) is 0.317. The van der Waals surface area contributed by atoms with Gasteiger partial charge in [-0.25, -0.2) is 0 Å². The number of carboxylic acid groups (broad SMARTS) is 1. The molecule has 0 aliphatic carbocycles. The zero-order valence-electron chi connectivity index (χ0n) is 4.94. The first-order valence-corrected chi connectivity index (χ1v) is 2.43. The van der Waals surface area contributed by atoms with E-state index in [0.29, 0.717) is 0 Å². The minimum absolute atomic E-state index is 1.08. The third kappa shape index (κ3) is 3.29. The number of rotatable bonds is 2. The SMILES string of the molecule is [NH3+][C@@H](CC(=O)[O-])C(F)(F)F. The third-order valence-electron chi connectivity index (χ3n) is 0.876. The highest BCUT2D eigenvalue weighted by atomic mass is 19.4. The molecule has 0 spiro atoms. The molecule has 3 nitrogen and oxygen atoms in total. The first-order chi connectivity index (χ1) is 4.34. The van der Waals surface area contributed by atoms with E-state index in [-0.39, 0.29) is 0 Å². The van der Waals surface area contributed by atoms with E-state index in [9.17, 15) is 23.1 Å². The fraction of sp³-hybridized carbons (Fsp3) is 0.750. The number of aliphatic carboxylic acids is 1. The van der Waals surface area contributed by atoms with Gasteiger partial charge in [-0.15, -0.1) is 0 Å². The van der Waals surface area contributed by atoms with Crippen LogP contribution in [-0.4, -0.2) is 18.2 Å². The van der Waals surface area contributed by atoms with Crippen molar-refractivity contribution in [3.8, 4) is 0 Å². The van der Waals surface area contributed by atoms with Crippen molar-refractivity contribution in [2.24, 2.45) is 0 Å². The van der Waals surface area contributed by atoms with E-state index in [0.717, 1.165) is 0 Å². The maximum atomic E-state index is 11.5. The molecule has 6 heteroatoms. The van der Waals surface area contributed by atoms with E-state index in [4.69, 9.17) is 0 Å². The summed E-state index contributed by atoms with van der Waals surface area (Å²) in [4.78, 5) is 9.61. The molecule has 60 valence electrons. The molecule has 0 heterocycles. The highest BCUT2D eigenvalue weighted by molar-refractivity contribution is 5.64. The standard InChI is InChI=1S/C4H6F3NO2/c5-4(6,7)2(8)1-3(9)10/h2H,1,8H2,(H,9,10)/t2-/m0/s1. The van der Waals surface area contributed by atoms with E-state index in [2.05, 4.69) is 5.73 Å². The maximum absolute atomic E-state index is 11.5. The number of quaternary nitrogens is 1. The Morgan fingerprint density at radius 3 is 2.10 bits per heavy atom. The smallest absolute Gasteiger partial charge is 0.441 e. The summed E-state index contributed by atoms with van der Waals surface area (Å²) in [7, 11) is 0. The van der Waals surface area contributed by atoms with Gasteiger partial charge in [0.25, 0.3) is 0 Å². The van der Waals surface area contributed by atoms with E-state index < -0.39 is 24.6 Å². The zero-order valence-corrected chi connectivity index (χ0v) is 4.94. The molecule has 0 saturated heterocycles. The minimum atomic E-state index is -4.54. The van der Waals surface area contributed by atoms with Gasteiger partial charge >= 0.3 is 6.18 Å². The lowest BCUT2D eigenvalue weighted by atomic mass is 10.2. The molecular weight excluding hydrogens is 151 g/mol. The van der Waals surface area contributed by atoms with Crippen molar-refractivity contribution in [2.45, 2.75) is 18.6 Å². The van der Waals surface area contributed by atoms with Crippen molar-refractivity contribution in [3.05, 3.63) is 0 Å². The fourth-order valence-electron chi connectivity index (χ4n) is 0.317. The summed E-state index contributed by atoms with van der Waals surface area (Å²) in [5.74, 6) is -1.74. The Morgan fingerprint density at radius 2 is 2.00 bits per heavy atom. The first-order valence-electron chi connectivity index (χ1n) is 2.43. The van der Waals surface area contributed by atoms with Crippen molar-refractivity contribution < 1.29 is 28.8 Å². The molecule has 0 aliphatic heterocycles. The summed E-state index contributed by atoms with van der Waals surface area (Å²) in [5, 5.41) is 9.61. The quantitative estimate of drug-likeness (QED) is 0.519. The molecule has 0 radical (unpaired) electrons. The molecular formula is C4H6F3NO2. The predicted octanol–water partition coefficient (Wildman–Crippen LogP) is -1.70. The largest absolute Gasteiger partial charge is 0.550 e. The van der Waals surface area contributed by atoms with Gasteiger partial charge in [-0.1, -0.05) is 0 Å². The molecule has 10 heavy (non-hydrogen) atoms. The summed E-state index contributed by atoms with van der Waals surface area (Å²) in [6.07, 6.45) is -5.62. The van der Waals surface area contributed by atoms with Gasteiger partial charge in [0.15, 0.2) is 6.04 Å². The molecule has 0 aromatic carbocycles. The van der Waals surface area contributed by atoms with Gasteiger partial charge in [0, 0.05) is 12.4 Å². The Kier molecular flexibility index (Phi) is 2.65. The average Bonchev–Trinajstić information content (AvgIpc) is 1.60. The summed E-state index contributed by atoms with van der Waals surface area (Å²) in [6, 6.07) is -2.07. The molecule has 0 saturated carbocycles. The Hall–Kier alpha value is -0.780. The van der Waals surface area contributed by atoms with Gasteiger partial charge in [-0.2, -0.15) is 13.2 Å². The third-order valence-corrected chi connectivity index (χ3v) is 0.876. The van der Waals surface area contributed by atoms with E-state index in [1.807, 2.05) is 0 Å². The number of halogens is 3. The lowest BCUT2D eigenvalue weighted by molar-refractivity contribution is -0.482. The molecule has 0 amide bonds. The van der Waals surface area contributed by atoms with Gasteiger partial charge in [-0.05, 0) is 0 Å².